The van der Waals surface area contributed by atoms with E-state index >= 15 is 0 Å². The highest BCUT2D eigenvalue weighted by molar-refractivity contribution is 5.71. The summed E-state index contributed by atoms with van der Waals surface area (Å²) in [5, 5.41) is 20.6. The molecule has 3 rings (SSSR count). The van der Waals surface area contributed by atoms with E-state index in [-0.39, 0.29) is 0 Å². The number of fused-ring (bicyclic) bond motifs is 1. The normalized spacial score (nSPS) is 16.8. The largest absolute Gasteiger partial charge is 0.385 e. The Kier molecular flexibility index (Phi) is 3.38. The molecule has 1 heterocycles. The number of hydrogen-bond acceptors (Lipinski definition) is 3. The highest BCUT2D eigenvalue weighted by Crippen LogP contribution is 2.35. The first-order valence-corrected chi connectivity index (χ1v) is 6.74. The zero-order valence-corrected chi connectivity index (χ0v) is 11.2. The number of aromatic nitrogens is 1. The molecule has 2 N–H and O–H groups in total. The maximum Gasteiger partial charge on any atom is 0.109 e. The molecule has 20 heavy (non-hydrogen) atoms. The van der Waals surface area contributed by atoms with E-state index < -0.39 is 12.2 Å². The first kappa shape index (κ1) is 13.0. The number of aryl methyl sites for hydroxylation is 1. The zero-order valence-electron chi connectivity index (χ0n) is 11.2. The maximum absolute atomic E-state index is 10.3. The Hall–Kier alpha value is -1.97. The number of benzene rings is 1. The van der Waals surface area contributed by atoms with E-state index in [0.717, 1.165) is 24.0 Å². The minimum atomic E-state index is -0.944. The van der Waals surface area contributed by atoms with Crippen molar-refractivity contribution in [3.05, 3.63) is 71.6 Å². The highest BCUT2D eigenvalue weighted by atomic mass is 16.3. The monoisotopic (exact) mass is 267 g/mol. The van der Waals surface area contributed by atoms with E-state index in [4.69, 9.17) is 0 Å². The lowest BCUT2D eigenvalue weighted by Gasteiger charge is -2.19. The van der Waals surface area contributed by atoms with Gasteiger partial charge in [0.1, 0.15) is 12.2 Å². The van der Waals surface area contributed by atoms with Crippen LogP contribution in [0.3, 0.4) is 0 Å². The molecule has 0 radical (unpaired) electrons. The van der Waals surface area contributed by atoms with Crippen molar-refractivity contribution < 1.29 is 10.2 Å². The maximum atomic E-state index is 10.3. The van der Waals surface area contributed by atoms with Crippen molar-refractivity contribution in [1.82, 2.24) is 4.98 Å². The summed E-state index contributed by atoms with van der Waals surface area (Å²) in [6.45, 7) is 4.03. The fourth-order valence-corrected chi connectivity index (χ4v) is 2.69. The molecule has 0 fully saturated rings. The van der Waals surface area contributed by atoms with Crippen LogP contribution in [0.2, 0.25) is 0 Å². The van der Waals surface area contributed by atoms with Crippen LogP contribution in [-0.2, 0) is 6.42 Å². The van der Waals surface area contributed by atoms with Gasteiger partial charge in [-0.15, -0.1) is 0 Å². The van der Waals surface area contributed by atoms with Crippen LogP contribution in [0, 0.1) is 0 Å². The van der Waals surface area contributed by atoms with Gasteiger partial charge >= 0.3 is 0 Å². The molecule has 0 saturated heterocycles. The number of aliphatic hydroxyl groups excluding tert-OH is 2. The molecule has 2 aromatic rings. The quantitative estimate of drug-likeness (QED) is 0.899. The third kappa shape index (κ3) is 2.26. The third-order valence-corrected chi connectivity index (χ3v) is 3.89. The molecule has 0 bridgehead atoms. The van der Waals surface area contributed by atoms with Gasteiger partial charge in [0, 0.05) is 12.4 Å². The topological polar surface area (TPSA) is 53.4 Å². The van der Waals surface area contributed by atoms with Gasteiger partial charge in [-0.1, -0.05) is 24.8 Å². The van der Waals surface area contributed by atoms with Crippen molar-refractivity contribution in [1.29, 1.82) is 0 Å². The molecule has 1 aliphatic rings. The van der Waals surface area contributed by atoms with Gasteiger partial charge in [-0.25, -0.2) is 0 Å². The average Bonchev–Trinajstić information content (AvgIpc) is 2.87. The second kappa shape index (κ2) is 5.19. The van der Waals surface area contributed by atoms with Gasteiger partial charge in [0.05, 0.1) is 0 Å². The Morgan fingerprint density at radius 3 is 2.40 bits per heavy atom. The van der Waals surface area contributed by atoms with Crippen molar-refractivity contribution in [3.8, 4) is 0 Å². The van der Waals surface area contributed by atoms with Crippen LogP contribution in [0.25, 0.3) is 5.57 Å². The number of pyridine rings is 1. The summed E-state index contributed by atoms with van der Waals surface area (Å²) in [6.07, 6.45) is 3.27. The molecular formula is C17H17NO2. The summed E-state index contributed by atoms with van der Waals surface area (Å²) >= 11 is 0. The summed E-state index contributed by atoms with van der Waals surface area (Å²) in [5.41, 5.74) is 4.93. The smallest absolute Gasteiger partial charge is 0.109 e. The Bertz CT molecular complexity index is 637. The molecule has 1 aromatic heterocycles. The minimum Gasteiger partial charge on any atom is -0.385 e. The number of allylic oxidation sites excluding steroid dienone is 1. The van der Waals surface area contributed by atoms with Gasteiger partial charge < -0.3 is 10.2 Å². The number of rotatable bonds is 3. The van der Waals surface area contributed by atoms with Crippen molar-refractivity contribution in [2.24, 2.45) is 0 Å². The molecular weight excluding hydrogens is 250 g/mol. The average molecular weight is 267 g/mol. The number of aliphatic hydroxyl groups is 2. The van der Waals surface area contributed by atoms with E-state index in [9.17, 15) is 10.2 Å². The van der Waals surface area contributed by atoms with E-state index in [0.29, 0.717) is 5.56 Å². The van der Waals surface area contributed by atoms with Gasteiger partial charge in [0.15, 0.2) is 0 Å². The summed E-state index contributed by atoms with van der Waals surface area (Å²) < 4.78 is 0. The SMILES string of the molecule is C=C1CCc2cc(C(O)C(O)c3ccncc3)ccc21. The third-order valence-electron chi connectivity index (χ3n) is 3.89. The predicted molar refractivity (Wildman–Crippen MR) is 78.0 cm³/mol. The Morgan fingerprint density at radius 2 is 1.65 bits per heavy atom. The van der Waals surface area contributed by atoms with Crippen molar-refractivity contribution >= 4 is 5.57 Å². The van der Waals surface area contributed by atoms with Crippen LogP contribution in [-0.4, -0.2) is 15.2 Å². The Balaban J connectivity index is 1.88. The van der Waals surface area contributed by atoms with Gasteiger partial charge in [-0.2, -0.15) is 0 Å². The molecule has 3 heteroatoms. The minimum absolute atomic E-state index is 0.664. The summed E-state index contributed by atoms with van der Waals surface area (Å²) in [7, 11) is 0. The molecule has 0 spiro atoms. The molecule has 0 saturated carbocycles. The lowest BCUT2D eigenvalue weighted by molar-refractivity contribution is 0.0171. The molecule has 1 aromatic carbocycles. The lowest BCUT2D eigenvalue weighted by atomic mass is 9.96. The van der Waals surface area contributed by atoms with E-state index in [1.54, 1.807) is 24.5 Å². The zero-order chi connectivity index (χ0) is 14.1. The molecule has 0 amide bonds. The van der Waals surface area contributed by atoms with Crippen molar-refractivity contribution in [2.75, 3.05) is 0 Å². The summed E-state index contributed by atoms with van der Waals surface area (Å²) in [6, 6.07) is 9.25. The van der Waals surface area contributed by atoms with Crippen molar-refractivity contribution in [3.63, 3.8) is 0 Å². The fourth-order valence-electron chi connectivity index (χ4n) is 2.69. The van der Waals surface area contributed by atoms with Crippen LogP contribution in [0.1, 0.15) is 40.9 Å². The molecule has 2 atom stereocenters. The fraction of sp³-hybridized carbons (Fsp3) is 0.235. The van der Waals surface area contributed by atoms with Crippen molar-refractivity contribution in [2.45, 2.75) is 25.0 Å². The van der Waals surface area contributed by atoms with Gasteiger partial charge in [-0.3, -0.25) is 4.98 Å². The highest BCUT2D eigenvalue weighted by Gasteiger charge is 2.22. The molecule has 0 aliphatic heterocycles. The van der Waals surface area contributed by atoms with Crippen LogP contribution in [0.15, 0.2) is 49.3 Å². The van der Waals surface area contributed by atoms with E-state index in [2.05, 4.69) is 11.6 Å². The Labute approximate surface area is 118 Å². The van der Waals surface area contributed by atoms with Gasteiger partial charge in [0.2, 0.25) is 0 Å². The lowest BCUT2D eigenvalue weighted by Crippen LogP contribution is -2.10. The predicted octanol–water partition coefficient (Wildman–Crippen LogP) is 2.81. The molecule has 102 valence electrons. The van der Waals surface area contributed by atoms with Gasteiger partial charge in [-0.05, 0) is 52.8 Å². The summed E-state index contributed by atoms with van der Waals surface area (Å²) in [5.74, 6) is 0. The van der Waals surface area contributed by atoms with Crippen LogP contribution < -0.4 is 0 Å². The number of hydrogen-bond donors (Lipinski definition) is 2. The first-order valence-electron chi connectivity index (χ1n) is 6.74. The number of nitrogens with zero attached hydrogens (tertiary/aromatic N) is 1. The van der Waals surface area contributed by atoms with Gasteiger partial charge in [0.25, 0.3) is 0 Å². The Morgan fingerprint density at radius 1 is 0.950 bits per heavy atom. The second-order valence-electron chi connectivity index (χ2n) is 5.19. The van der Waals surface area contributed by atoms with E-state index in [1.807, 2.05) is 18.2 Å². The molecule has 1 aliphatic carbocycles. The second-order valence-corrected chi connectivity index (χ2v) is 5.19. The molecule has 3 nitrogen and oxygen atoms in total. The standard InChI is InChI=1S/C17H17NO2/c1-11-2-3-13-10-14(4-5-15(11)13)17(20)16(19)12-6-8-18-9-7-12/h4-10,16-17,19-20H,1-3H2. The van der Waals surface area contributed by atoms with E-state index in [1.165, 1.54) is 11.1 Å². The molecule has 2 unspecified atom stereocenters. The summed E-state index contributed by atoms with van der Waals surface area (Å²) in [4.78, 5) is 3.91. The van der Waals surface area contributed by atoms with Crippen LogP contribution in [0.4, 0.5) is 0 Å². The first-order chi connectivity index (χ1) is 9.66. The van der Waals surface area contributed by atoms with Crippen LogP contribution in [0.5, 0.6) is 0 Å². The van der Waals surface area contributed by atoms with Crippen LogP contribution >= 0.6 is 0 Å².